The Hall–Kier alpha value is -5.05. The largest absolute Gasteiger partial charge is 0.473 e. The van der Waals surface area contributed by atoms with Crippen LogP contribution in [0.4, 0.5) is 10.5 Å². The number of anilines is 1. The highest BCUT2D eigenvalue weighted by Gasteiger charge is 2.46. The monoisotopic (exact) mass is 561 g/mol. The van der Waals surface area contributed by atoms with Crippen molar-refractivity contribution < 1.29 is 19.4 Å². The van der Waals surface area contributed by atoms with E-state index in [2.05, 4.69) is 17.0 Å². The summed E-state index contributed by atoms with van der Waals surface area (Å²) in [5, 5.41) is 15.5. The van der Waals surface area contributed by atoms with Gasteiger partial charge in [-0.3, -0.25) is 4.68 Å². The molecule has 0 unspecified atom stereocenters. The average Bonchev–Trinajstić information content (AvgIpc) is 3.73. The lowest BCUT2D eigenvalue weighted by atomic mass is 10.1. The SMILES string of the molecule is Cn1nc(-c2ccc(OCc3ccccc3)nc2OCc2ccccc2)c2cccc(N3C[C@@H]4C[C@H]3CN4C(=O)O)c21. The van der Waals surface area contributed by atoms with Gasteiger partial charge in [0.1, 0.15) is 18.9 Å². The maximum Gasteiger partial charge on any atom is 0.407 e. The maximum atomic E-state index is 11.6. The number of likely N-dealkylation sites (tertiary alicyclic amines) is 1. The second-order valence-electron chi connectivity index (χ2n) is 10.8. The number of aryl methyl sites for hydroxylation is 1. The van der Waals surface area contributed by atoms with E-state index in [0.717, 1.165) is 45.4 Å². The number of carbonyl (C=O) groups is 1. The lowest BCUT2D eigenvalue weighted by molar-refractivity contribution is 0.137. The van der Waals surface area contributed by atoms with Crippen LogP contribution in [0.1, 0.15) is 17.5 Å². The Morgan fingerprint density at radius 3 is 2.24 bits per heavy atom. The molecular weight excluding hydrogens is 530 g/mol. The third-order valence-electron chi connectivity index (χ3n) is 8.18. The second kappa shape index (κ2) is 10.7. The number of nitrogens with zero attached hydrogens (tertiary/aromatic N) is 5. The van der Waals surface area contributed by atoms with Crippen LogP contribution in [0.2, 0.25) is 0 Å². The first-order valence-corrected chi connectivity index (χ1v) is 14.1. The Morgan fingerprint density at radius 2 is 1.57 bits per heavy atom. The highest BCUT2D eigenvalue weighted by Crippen LogP contribution is 2.41. The molecule has 9 heteroatoms. The van der Waals surface area contributed by atoms with Crippen molar-refractivity contribution in [3.8, 4) is 23.0 Å². The van der Waals surface area contributed by atoms with E-state index in [9.17, 15) is 9.90 Å². The van der Waals surface area contributed by atoms with E-state index in [1.54, 1.807) is 4.90 Å². The molecule has 0 aliphatic carbocycles. The van der Waals surface area contributed by atoms with E-state index >= 15 is 0 Å². The summed E-state index contributed by atoms with van der Waals surface area (Å²) in [6.07, 6.45) is 0.00841. The number of hydrogen-bond donors (Lipinski definition) is 1. The summed E-state index contributed by atoms with van der Waals surface area (Å²) in [6.45, 7) is 1.96. The smallest absolute Gasteiger partial charge is 0.407 e. The summed E-state index contributed by atoms with van der Waals surface area (Å²) in [5.74, 6) is 0.926. The van der Waals surface area contributed by atoms with Crippen LogP contribution < -0.4 is 14.4 Å². The zero-order valence-corrected chi connectivity index (χ0v) is 23.3. The number of amides is 1. The number of fused-ring (bicyclic) bond motifs is 3. The van der Waals surface area contributed by atoms with Crippen molar-refractivity contribution in [2.24, 2.45) is 7.05 Å². The van der Waals surface area contributed by atoms with E-state index in [1.807, 2.05) is 90.6 Å². The lowest BCUT2D eigenvalue weighted by Gasteiger charge is -2.34. The fourth-order valence-corrected chi connectivity index (χ4v) is 6.19. The molecule has 0 saturated carbocycles. The van der Waals surface area contributed by atoms with Crippen LogP contribution in [0, 0.1) is 0 Å². The number of piperazine rings is 1. The van der Waals surface area contributed by atoms with Gasteiger partial charge in [0.15, 0.2) is 0 Å². The summed E-state index contributed by atoms with van der Waals surface area (Å²) >= 11 is 0. The predicted molar refractivity (Wildman–Crippen MR) is 160 cm³/mol. The number of hydrogen-bond acceptors (Lipinski definition) is 6. The molecule has 9 nitrogen and oxygen atoms in total. The molecule has 3 aromatic carbocycles. The third kappa shape index (κ3) is 4.76. The first-order chi connectivity index (χ1) is 20.5. The molecular formula is C33H31N5O4. The zero-order valence-electron chi connectivity index (χ0n) is 23.3. The minimum atomic E-state index is -0.838. The van der Waals surface area contributed by atoms with Gasteiger partial charge in [-0.25, -0.2) is 4.79 Å². The van der Waals surface area contributed by atoms with Crippen molar-refractivity contribution in [3.63, 3.8) is 0 Å². The van der Waals surface area contributed by atoms with Crippen LogP contribution in [-0.4, -0.2) is 56.0 Å². The van der Waals surface area contributed by atoms with E-state index < -0.39 is 6.09 Å². The fraction of sp³-hybridized carbons (Fsp3) is 0.242. The minimum absolute atomic E-state index is 0.0149. The topological polar surface area (TPSA) is 93.0 Å². The fourth-order valence-electron chi connectivity index (χ4n) is 6.19. The quantitative estimate of drug-likeness (QED) is 0.259. The molecule has 1 N–H and O–H groups in total. The van der Waals surface area contributed by atoms with Gasteiger partial charge in [0.05, 0.1) is 22.8 Å². The molecule has 212 valence electrons. The molecule has 5 aromatic rings. The predicted octanol–water partition coefficient (Wildman–Crippen LogP) is 5.73. The first kappa shape index (κ1) is 25.9. The summed E-state index contributed by atoms with van der Waals surface area (Å²) in [5.41, 5.74) is 5.71. The highest BCUT2D eigenvalue weighted by atomic mass is 16.5. The molecule has 4 heterocycles. The Balaban J connectivity index is 1.24. The van der Waals surface area contributed by atoms with Crippen molar-refractivity contribution in [2.75, 3.05) is 18.0 Å². The molecule has 2 aliphatic rings. The molecule has 2 saturated heterocycles. The Labute approximate surface area is 243 Å². The van der Waals surface area contributed by atoms with Gasteiger partial charge in [-0.2, -0.15) is 10.1 Å². The van der Waals surface area contributed by atoms with Gasteiger partial charge in [0.2, 0.25) is 11.8 Å². The molecule has 2 atom stereocenters. The first-order valence-electron chi connectivity index (χ1n) is 14.1. The van der Waals surface area contributed by atoms with Gasteiger partial charge >= 0.3 is 6.09 Å². The van der Waals surface area contributed by atoms with E-state index in [-0.39, 0.29) is 12.1 Å². The van der Waals surface area contributed by atoms with Gasteiger partial charge in [-0.15, -0.1) is 0 Å². The van der Waals surface area contributed by atoms with Crippen molar-refractivity contribution in [2.45, 2.75) is 31.7 Å². The molecule has 2 aliphatic heterocycles. The van der Waals surface area contributed by atoms with Gasteiger partial charge in [0, 0.05) is 37.6 Å². The molecule has 2 fully saturated rings. The van der Waals surface area contributed by atoms with Crippen molar-refractivity contribution in [1.82, 2.24) is 19.7 Å². The summed E-state index contributed by atoms with van der Waals surface area (Å²) in [4.78, 5) is 20.3. The number of benzene rings is 3. The van der Waals surface area contributed by atoms with Crippen molar-refractivity contribution in [1.29, 1.82) is 0 Å². The standard InChI is InChI=1S/C33H31N5O4/c1-36-31-26(13-8-14-28(31)37-18-25-17-24(37)19-38(25)33(39)40)30(35-36)27-15-16-29(41-20-22-9-4-2-5-10-22)34-32(27)42-21-23-11-6-3-7-12-23/h2-16,24-25H,17-21H2,1H3,(H,39,40)/t24-,25-/m0/s1. The lowest BCUT2D eigenvalue weighted by Crippen LogP contribution is -2.48. The molecule has 0 spiro atoms. The van der Waals surface area contributed by atoms with E-state index in [1.165, 1.54) is 0 Å². The average molecular weight is 562 g/mol. The Kier molecular flexibility index (Phi) is 6.62. The summed E-state index contributed by atoms with van der Waals surface area (Å²) in [7, 11) is 1.95. The van der Waals surface area contributed by atoms with Crippen LogP contribution in [0.3, 0.4) is 0 Å². The molecule has 42 heavy (non-hydrogen) atoms. The molecule has 2 aromatic heterocycles. The number of rotatable bonds is 8. The molecule has 7 rings (SSSR count). The van der Waals surface area contributed by atoms with Gasteiger partial charge in [0.25, 0.3) is 0 Å². The van der Waals surface area contributed by atoms with Crippen LogP contribution in [0.25, 0.3) is 22.2 Å². The van der Waals surface area contributed by atoms with Gasteiger partial charge in [-0.05, 0) is 29.7 Å². The number of para-hydroxylation sites is 1. The summed E-state index contributed by atoms with van der Waals surface area (Å²) in [6, 6.07) is 30.2. The minimum Gasteiger partial charge on any atom is -0.473 e. The third-order valence-corrected chi connectivity index (χ3v) is 8.18. The normalized spacial score (nSPS) is 17.6. The number of ether oxygens (including phenoxy) is 2. The molecule has 2 bridgehead atoms. The number of carboxylic acid groups (broad SMARTS) is 1. The van der Waals surface area contributed by atoms with Crippen LogP contribution in [-0.2, 0) is 20.3 Å². The van der Waals surface area contributed by atoms with Gasteiger partial charge in [-0.1, -0.05) is 72.8 Å². The molecule has 1 amide bonds. The van der Waals surface area contributed by atoms with Crippen LogP contribution in [0.5, 0.6) is 11.8 Å². The highest BCUT2D eigenvalue weighted by molar-refractivity contribution is 6.01. The van der Waals surface area contributed by atoms with Gasteiger partial charge < -0.3 is 24.4 Å². The Bertz CT molecular complexity index is 1740. The number of aromatic nitrogens is 3. The Morgan fingerprint density at radius 1 is 0.857 bits per heavy atom. The van der Waals surface area contributed by atoms with E-state index in [4.69, 9.17) is 19.6 Å². The zero-order chi connectivity index (χ0) is 28.6. The second-order valence-corrected chi connectivity index (χ2v) is 10.8. The maximum absolute atomic E-state index is 11.6. The van der Waals surface area contributed by atoms with E-state index in [0.29, 0.717) is 38.1 Å². The molecule has 0 radical (unpaired) electrons. The van der Waals surface area contributed by atoms with Crippen LogP contribution >= 0.6 is 0 Å². The van der Waals surface area contributed by atoms with Crippen molar-refractivity contribution in [3.05, 3.63) is 102 Å². The summed E-state index contributed by atoms with van der Waals surface area (Å²) < 4.78 is 14.3. The van der Waals surface area contributed by atoms with Crippen LogP contribution in [0.15, 0.2) is 91.0 Å². The number of pyridine rings is 1. The van der Waals surface area contributed by atoms with Crippen molar-refractivity contribution >= 4 is 22.7 Å².